The molecule has 1 saturated heterocycles. The van der Waals surface area contributed by atoms with Gasteiger partial charge in [0.05, 0.1) is 11.0 Å². The first-order valence-corrected chi connectivity index (χ1v) is 10.6. The Morgan fingerprint density at radius 2 is 1.62 bits per heavy atom. The van der Waals surface area contributed by atoms with Crippen molar-refractivity contribution in [2.24, 2.45) is 0 Å². The number of hydrogen-bond donors (Lipinski definition) is 2. The van der Waals surface area contributed by atoms with Gasteiger partial charge in [-0.1, -0.05) is 42.5 Å². The van der Waals surface area contributed by atoms with Gasteiger partial charge in [0, 0.05) is 24.4 Å². The predicted molar refractivity (Wildman–Crippen MR) is 122 cm³/mol. The number of nitro benzene ring substituents is 1. The minimum absolute atomic E-state index is 0.0419. The number of nitrogens with zero attached hydrogens (tertiary/aromatic N) is 2. The first-order valence-electron chi connectivity index (χ1n) is 10.6. The highest BCUT2D eigenvalue weighted by Crippen LogP contribution is 2.30. The lowest BCUT2D eigenvalue weighted by molar-refractivity contribution is -0.384. The SMILES string of the molecule is O=C(NC[C@@H](c1cccc2ccccc12)N1CCCC1)C(=O)Nc1ccc([N+](=O)[O-])cc1. The fourth-order valence-corrected chi connectivity index (χ4v) is 4.15. The van der Waals surface area contributed by atoms with Crippen LogP contribution in [-0.2, 0) is 9.59 Å². The van der Waals surface area contributed by atoms with Crippen molar-refractivity contribution in [1.82, 2.24) is 10.2 Å². The molecule has 1 aliphatic rings. The average molecular weight is 432 g/mol. The summed E-state index contributed by atoms with van der Waals surface area (Å²) in [5, 5.41) is 18.3. The lowest BCUT2D eigenvalue weighted by atomic mass is 9.97. The van der Waals surface area contributed by atoms with Crippen molar-refractivity contribution >= 4 is 34.0 Å². The van der Waals surface area contributed by atoms with Crippen LogP contribution < -0.4 is 10.6 Å². The molecule has 164 valence electrons. The van der Waals surface area contributed by atoms with Crippen LogP contribution >= 0.6 is 0 Å². The van der Waals surface area contributed by atoms with Gasteiger partial charge in [-0.2, -0.15) is 0 Å². The van der Waals surface area contributed by atoms with E-state index >= 15 is 0 Å². The van der Waals surface area contributed by atoms with Crippen LogP contribution in [0, 0.1) is 10.1 Å². The van der Waals surface area contributed by atoms with Gasteiger partial charge in [0.1, 0.15) is 0 Å². The third kappa shape index (κ3) is 4.76. The molecule has 8 heteroatoms. The summed E-state index contributed by atoms with van der Waals surface area (Å²) in [6, 6.07) is 19.6. The fourth-order valence-electron chi connectivity index (χ4n) is 4.15. The summed E-state index contributed by atoms with van der Waals surface area (Å²) in [7, 11) is 0. The molecule has 3 aromatic rings. The molecule has 1 atom stereocenters. The molecule has 2 N–H and O–H groups in total. The molecular weight excluding hydrogens is 408 g/mol. The first kappa shape index (κ1) is 21.5. The van der Waals surface area contributed by atoms with Gasteiger partial charge in [0.25, 0.3) is 5.69 Å². The van der Waals surface area contributed by atoms with Crippen molar-refractivity contribution in [2.75, 3.05) is 25.0 Å². The highest BCUT2D eigenvalue weighted by molar-refractivity contribution is 6.39. The minimum atomic E-state index is -0.808. The minimum Gasteiger partial charge on any atom is -0.346 e. The van der Waals surface area contributed by atoms with Crippen LogP contribution in [0.25, 0.3) is 10.8 Å². The second-order valence-electron chi connectivity index (χ2n) is 7.80. The smallest absolute Gasteiger partial charge is 0.313 e. The molecule has 0 spiro atoms. The number of nitrogens with one attached hydrogen (secondary N) is 2. The molecule has 32 heavy (non-hydrogen) atoms. The van der Waals surface area contributed by atoms with Crippen molar-refractivity contribution in [3.8, 4) is 0 Å². The van der Waals surface area contributed by atoms with Gasteiger partial charge in [0.15, 0.2) is 0 Å². The van der Waals surface area contributed by atoms with Gasteiger partial charge in [-0.3, -0.25) is 24.6 Å². The summed E-state index contributed by atoms with van der Waals surface area (Å²) in [5.41, 5.74) is 1.36. The number of anilines is 1. The molecule has 4 rings (SSSR count). The number of non-ortho nitro benzene ring substituents is 1. The number of likely N-dealkylation sites (tertiary alicyclic amines) is 1. The van der Waals surface area contributed by atoms with Gasteiger partial charge >= 0.3 is 11.8 Å². The Balaban J connectivity index is 1.46. The molecule has 1 aliphatic heterocycles. The van der Waals surface area contributed by atoms with Gasteiger partial charge in [0.2, 0.25) is 0 Å². The molecule has 2 amide bonds. The zero-order valence-corrected chi connectivity index (χ0v) is 17.5. The molecule has 0 bridgehead atoms. The van der Waals surface area contributed by atoms with Gasteiger partial charge in [-0.15, -0.1) is 0 Å². The maximum atomic E-state index is 12.5. The van der Waals surface area contributed by atoms with E-state index in [9.17, 15) is 19.7 Å². The van der Waals surface area contributed by atoms with E-state index < -0.39 is 16.7 Å². The zero-order valence-electron chi connectivity index (χ0n) is 17.5. The number of amides is 2. The second kappa shape index (κ2) is 9.57. The van der Waals surface area contributed by atoms with Gasteiger partial charge in [-0.05, 0) is 54.4 Å². The number of hydrogen-bond acceptors (Lipinski definition) is 5. The zero-order chi connectivity index (χ0) is 22.5. The van der Waals surface area contributed by atoms with Crippen LogP contribution in [0.5, 0.6) is 0 Å². The maximum absolute atomic E-state index is 12.5. The van der Waals surface area contributed by atoms with E-state index in [0.29, 0.717) is 12.2 Å². The van der Waals surface area contributed by atoms with E-state index in [1.807, 2.05) is 18.2 Å². The van der Waals surface area contributed by atoms with Crippen LogP contribution in [0.1, 0.15) is 24.4 Å². The van der Waals surface area contributed by atoms with Crippen molar-refractivity contribution < 1.29 is 14.5 Å². The lowest BCUT2D eigenvalue weighted by Gasteiger charge is -2.29. The molecule has 3 aromatic carbocycles. The Morgan fingerprint density at radius 1 is 0.938 bits per heavy atom. The van der Waals surface area contributed by atoms with Crippen molar-refractivity contribution in [3.05, 3.63) is 82.4 Å². The standard InChI is InChI=1S/C24H24N4O4/c29-23(24(30)26-18-10-12-19(13-11-18)28(31)32)25-16-22(27-14-3-4-15-27)21-9-5-7-17-6-1-2-8-20(17)21/h1-2,5-13,22H,3-4,14-16H2,(H,25,29)(H,26,30)/t22-/m0/s1. The van der Waals surface area contributed by atoms with Crippen LogP contribution in [0.15, 0.2) is 66.7 Å². The van der Waals surface area contributed by atoms with E-state index in [4.69, 9.17) is 0 Å². The third-order valence-corrected chi connectivity index (χ3v) is 5.76. The van der Waals surface area contributed by atoms with Gasteiger partial charge < -0.3 is 10.6 Å². The predicted octanol–water partition coefficient (Wildman–Crippen LogP) is 3.64. The molecule has 1 heterocycles. The summed E-state index contributed by atoms with van der Waals surface area (Å²) >= 11 is 0. The highest BCUT2D eigenvalue weighted by Gasteiger charge is 2.26. The van der Waals surface area contributed by atoms with E-state index in [0.717, 1.165) is 42.3 Å². The largest absolute Gasteiger partial charge is 0.346 e. The Labute approximate surface area is 185 Å². The summed E-state index contributed by atoms with van der Waals surface area (Å²) in [6.45, 7) is 2.19. The van der Waals surface area contributed by atoms with Gasteiger partial charge in [-0.25, -0.2) is 0 Å². The molecule has 0 radical (unpaired) electrons. The first-order chi connectivity index (χ1) is 15.5. The van der Waals surface area contributed by atoms with E-state index in [1.165, 1.54) is 24.3 Å². The third-order valence-electron chi connectivity index (χ3n) is 5.76. The Hall–Kier alpha value is -3.78. The molecule has 0 aromatic heterocycles. The van der Waals surface area contributed by atoms with E-state index in [2.05, 4.69) is 39.8 Å². The normalized spacial score (nSPS) is 14.8. The number of fused-ring (bicyclic) bond motifs is 1. The van der Waals surface area contributed by atoms with Crippen LogP contribution in [0.3, 0.4) is 0 Å². The summed E-state index contributed by atoms with van der Waals surface area (Å²) < 4.78 is 0. The summed E-state index contributed by atoms with van der Waals surface area (Å²) in [6.07, 6.45) is 2.21. The van der Waals surface area contributed by atoms with Crippen LogP contribution in [0.4, 0.5) is 11.4 Å². The lowest BCUT2D eigenvalue weighted by Crippen LogP contribution is -2.41. The fraction of sp³-hybridized carbons (Fsp3) is 0.250. The van der Waals surface area contributed by atoms with Crippen molar-refractivity contribution in [1.29, 1.82) is 0 Å². The number of benzene rings is 3. The Kier molecular flexibility index (Phi) is 6.42. The number of rotatable bonds is 6. The molecule has 8 nitrogen and oxygen atoms in total. The van der Waals surface area contributed by atoms with Crippen molar-refractivity contribution in [3.63, 3.8) is 0 Å². The van der Waals surface area contributed by atoms with Crippen LogP contribution in [-0.4, -0.2) is 41.3 Å². The molecule has 0 aliphatic carbocycles. The molecule has 0 saturated carbocycles. The second-order valence-corrected chi connectivity index (χ2v) is 7.80. The monoisotopic (exact) mass is 432 g/mol. The summed E-state index contributed by atoms with van der Waals surface area (Å²) in [5.74, 6) is -1.55. The number of carbonyl (C=O) groups is 2. The Bertz CT molecular complexity index is 1130. The number of carbonyl (C=O) groups excluding carboxylic acids is 2. The Morgan fingerprint density at radius 3 is 2.34 bits per heavy atom. The summed E-state index contributed by atoms with van der Waals surface area (Å²) in [4.78, 5) is 37.4. The number of nitro groups is 1. The molecular formula is C24H24N4O4. The average Bonchev–Trinajstić information content (AvgIpc) is 3.34. The van der Waals surface area contributed by atoms with Crippen LogP contribution in [0.2, 0.25) is 0 Å². The van der Waals surface area contributed by atoms with Crippen molar-refractivity contribution in [2.45, 2.75) is 18.9 Å². The quantitative estimate of drug-likeness (QED) is 0.352. The van der Waals surface area contributed by atoms with E-state index in [1.54, 1.807) is 0 Å². The molecule has 0 unspecified atom stereocenters. The highest BCUT2D eigenvalue weighted by atomic mass is 16.6. The van der Waals surface area contributed by atoms with E-state index in [-0.39, 0.29) is 11.7 Å². The molecule has 1 fully saturated rings. The maximum Gasteiger partial charge on any atom is 0.313 e. The topological polar surface area (TPSA) is 105 Å².